The first-order valence-electron chi connectivity index (χ1n) is 14.0. The average molecular weight is 561 g/mol. The molecular formula is C31H37FN6O3. The van der Waals surface area contributed by atoms with Crippen LogP contribution in [0.4, 0.5) is 16.0 Å². The Kier molecular flexibility index (Phi) is 7.59. The number of hydrogen-bond acceptors (Lipinski definition) is 7. The zero-order chi connectivity index (χ0) is 29.6. The van der Waals surface area contributed by atoms with Crippen molar-refractivity contribution in [3.05, 3.63) is 81.8 Å². The number of carbonyl (C=O) groups is 1. The molecule has 9 nitrogen and oxygen atoms in total. The number of aryl methyl sites for hydroxylation is 1. The number of fused-ring (bicyclic) bond motifs is 1. The van der Waals surface area contributed by atoms with Gasteiger partial charge in [-0.2, -0.15) is 4.98 Å². The van der Waals surface area contributed by atoms with Crippen LogP contribution in [-0.4, -0.2) is 63.2 Å². The first-order valence-corrected chi connectivity index (χ1v) is 14.0. The second-order valence-electron chi connectivity index (χ2n) is 11.2. The minimum absolute atomic E-state index is 0.0305. The number of halogens is 1. The Morgan fingerprint density at radius 2 is 2.00 bits per heavy atom. The summed E-state index contributed by atoms with van der Waals surface area (Å²) >= 11 is 0. The quantitative estimate of drug-likeness (QED) is 0.466. The van der Waals surface area contributed by atoms with Gasteiger partial charge in [0.15, 0.2) is 0 Å². The van der Waals surface area contributed by atoms with Gasteiger partial charge >= 0.3 is 5.69 Å². The third kappa shape index (κ3) is 4.85. The maximum absolute atomic E-state index is 15.1. The molecule has 1 N–H and O–H groups in total. The lowest BCUT2D eigenvalue weighted by Gasteiger charge is -2.43. The van der Waals surface area contributed by atoms with E-state index in [4.69, 9.17) is 0 Å². The van der Waals surface area contributed by atoms with Crippen LogP contribution >= 0.6 is 0 Å². The number of nitrogens with zero attached hydrogens (tertiary/aromatic N) is 6. The molecule has 2 aliphatic rings. The summed E-state index contributed by atoms with van der Waals surface area (Å²) in [6.45, 7) is 13.1. The molecule has 0 aliphatic carbocycles. The fraction of sp³-hybridized carbons (Fsp3) is 0.419. The zero-order valence-corrected chi connectivity index (χ0v) is 24.3. The van der Waals surface area contributed by atoms with Crippen LogP contribution in [-0.2, 0) is 11.2 Å². The number of rotatable bonds is 5. The van der Waals surface area contributed by atoms with E-state index < -0.39 is 17.5 Å². The number of benzene rings is 1. The van der Waals surface area contributed by atoms with Crippen LogP contribution in [0, 0.1) is 12.7 Å². The van der Waals surface area contributed by atoms with Crippen LogP contribution in [0.1, 0.15) is 61.5 Å². The number of amides is 1. The van der Waals surface area contributed by atoms with Crippen molar-refractivity contribution in [1.29, 1.82) is 0 Å². The van der Waals surface area contributed by atoms with Gasteiger partial charge in [0.05, 0.1) is 23.0 Å². The summed E-state index contributed by atoms with van der Waals surface area (Å²) < 4.78 is 16.8. The van der Waals surface area contributed by atoms with Crippen molar-refractivity contribution in [2.75, 3.05) is 36.5 Å². The fourth-order valence-electron chi connectivity index (χ4n) is 6.27. The van der Waals surface area contributed by atoms with Crippen LogP contribution in [0.25, 0.3) is 5.69 Å². The lowest BCUT2D eigenvalue weighted by atomic mass is 9.92. The predicted octanol–water partition coefficient (Wildman–Crippen LogP) is 4.25. The third-order valence-corrected chi connectivity index (χ3v) is 8.29. The second-order valence-corrected chi connectivity index (χ2v) is 11.2. The van der Waals surface area contributed by atoms with Crippen LogP contribution in [0.2, 0.25) is 0 Å². The van der Waals surface area contributed by atoms with E-state index in [0.29, 0.717) is 49.8 Å². The topological polar surface area (TPSA) is 94.8 Å². The number of anilines is 2. The van der Waals surface area contributed by atoms with Crippen molar-refractivity contribution in [3.8, 4) is 11.4 Å². The lowest BCUT2D eigenvalue weighted by Crippen LogP contribution is -2.54. The summed E-state index contributed by atoms with van der Waals surface area (Å²) in [5, 5.41) is 10.7. The van der Waals surface area contributed by atoms with Gasteiger partial charge in [-0.25, -0.2) is 13.8 Å². The number of phenolic OH excluding ortho intramolecular Hbond substituents is 1. The van der Waals surface area contributed by atoms with Gasteiger partial charge in [-0.3, -0.25) is 9.78 Å². The van der Waals surface area contributed by atoms with Crippen LogP contribution in [0.3, 0.4) is 0 Å². The summed E-state index contributed by atoms with van der Waals surface area (Å²) in [4.78, 5) is 41.4. The highest BCUT2D eigenvalue weighted by atomic mass is 19.1. The maximum Gasteiger partial charge on any atom is 0.355 e. The number of aromatic nitrogens is 3. The molecule has 1 saturated heterocycles. The molecule has 10 heteroatoms. The molecule has 1 fully saturated rings. The first kappa shape index (κ1) is 28.3. The molecular weight excluding hydrogens is 523 g/mol. The van der Waals surface area contributed by atoms with Gasteiger partial charge in [-0.05, 0) is 62.4 Å². The van der Waals surface area contributed by atoms with E-state index in [-0.39, 0.29) is 29.2 Å². The molecule has 4 heterocycles. The van der Waals surface area contributed by atoms with Crippen molar-refractivity contribution >= 4 is 17.5 Å². The molecule has 2 aliphatic heterocycles. The highest BCUT2D eigenvalue weighted by Gasteiger charge is 2.37. The van der Waals surface area contributed by atoms with E-state index in [9.17, 15) is 14.7 Å². The molecule has 1 amide bonds. The minimum atomic E-state index is -0.511. The molecule has 216 valence electrons. The van der Waals surface area contributed by atoms with Crippen LogP contribution in [0.5, 0.6) is 5.75 Å². The van der Waals surface area contributed by atoms with Gasteiger partial charge in [0.1, 0.15) is 23.2 Å². The van der Waals surface area contributed by atoms with E-state index >= 15 is 4.39 Å². The van der Waals surface area contributed by atoms with Gasteiger partial charge in [0.25, 0.3) is 0 Å². The van der Waals surface area contributed by atoms with Gasteiger partial charge in [-0.15, -0.1) is 0 Å². The predicted molar refractivity (Wildman–Crippen MR) is 158 cm³/mol. The summed E-state index contributed by atoms with van der Waals surface area (Å²) in [5.74, 6) is 0.477. The molecule has 3 aromatic rings. The molecule has 2 aromatic heterocycles. The molecule has 0 unspecified atom stereocenters. The largest absolute Gasteiger partial charge is 0.507 e. The number of piperazine rings is 1. The van der Waals surface area contributed by atoms with Gasteiger partial charge in [0, 0.05) is 44.5 Å². The number of aromatic hydroxyl groups is 1. The Labute approximate surface area is 239 Å². The average Bonchev–Trinajstić information content (AvgIpc) is 2.93. The Hall–Kier alpha value is -4.21. The standard InChI is InChI=1S/C31H37FN6O3/c1-7-25(40)36-15-16-37(20(5)17-36)29-21-11-12-23(26-22(32)9-8-10-24(26)39)35(6)30(21)38(31(41)34-29)28-19(4)13-14-33-27(28)18(2)3/h7-10,13-14,18,20,23,39H,1,11-12,15-17H2,2-6H3/t20-,23-/m0/s1. The SMILES string of the molecule is C=CC(=O)N1CCN(c2nc(=O)n(-c3c(C)ccnc3C(C)C)c3c2CC[C@@H](c2c(O)cccc2F)N3C)[C@@H](C)C1. The number of carbonyl (C=O) groups excluding carboxylic acids is 1. The van der Waals surface area contributed by atoms with E-state index in [1.165, 1.54) is 24.3 Å². The summed E-state index contributed by atoms with van der Waals surface area (Å²) in [5.41, 5.74) is 2.92. The van der Waals surface area contributed by atoms with E-state index in [1.807, 2.05) is 45.7 Å². The second kappa shape index (κ2) is 11.0. The molecule has 5 rings (SSSR count). The maximum atomic E-state index is 15.1. The van der Waals surface area contributed by atoms with Crippen molar-refractivity contribution in [1.82, 2.24) is 19.4 Å². The molecule has 41 heavy (non-hydrogen) atoms. The summed E-state index contributed by atoms with van der Waals surface area (Å²) in [7, 11) is 1.83. The van der Waals surface area contributed by atoms with Crippen LogP contribution < -0.4 is 15.5 Å². The smallest absolute Gasteiger partial charge is 0.355 e. The summed E-state index contributed by atoms with van der Waals surface area (Å²) in [6.07, 6.45) is 4.08. The molecule has 2 atom stereocenters. The molecule has 0 radical (unpaired) electrons. The monoisotopic (exact) mass is 560 g/mol. The van der Waals surface area contributed by atoms with Crippen LogP contribution in [0.15, 0.2) is 47.9 Å². The number of hydrogen-bond donors (Lipinski definition) is 1. The van der Waals surface area contributed by atoms with Gasteiger partial charge in [0.2, 0.25) is 5.91 Å². The highest BCUT2D eigenvalue weighted by molar-refractivity contribution is 5.87. The molecule has 0 saturated carbocycles. The van der Waals surface area contributed by atoms with Crippen molar-refractivity contribution in [2.45, 2.75) is 58.5 Å². The molecule has 1 aromatic carbocycles. The summed E-state index contributed by atoms with van der Waals surface area (Å²) in [6, 6.07) is 5.58. The Bertz CT molecular complexity index is 1550. The zero-order valence-electron chi connectivity index (χ0n) is 24.3. The molecule has 0 spiro atoms. The fourth-order valence-corrected chi connectivity index (χ4v) is 6.27. The van der Waals surface area contributed by atoms with Crippen molar-refractivity contribution < 1.29 is 14.3 Å². The molecule has 0 bridgehead atoms. The van der Waals surface area contributed by atoms with Crippen molar-refractivity contribution in [2.24, 2.45) is 0 Å². The van der Waals surface area contributed by atoms with Crippen molar-refractivity contribution in [3.63, 3.8) is 0 Å². The van der Waals surface area contributed by atoms with E-state index in [2.05, 4.69) is 21.4 Å². The van der Waals surface area contributed by atoms with Gasteiger partial charge in [-0.1, -0.05) is 26.5 Å². The highest BCUT2D eigenvalue weighted by Crippen LogP contribution is 2.44. The number of phenols is 1. The Morgan fingerprint density at radius 3 is 2.66 bits per heavy atom. The lowest BCUT2D eigenvalue weighted by molar-refractivity contribution is -0.126. The van der Waals surface area contributed by atoms with Gasteiger partial charge < -0.3 is 19.8 Å². The Morgan fingerprint density at radius 1 is 1.24 bits per heavy atom. The third-order valence-electron chi connectivity index (χ3n) is 8.29. The number of pyridine rings is 1. The first-order chi connectivity index (χ1) is 19.5. The normalized spacial score (nSPS) is 19.0. The minimum Gasteiger partial charge on any atom is -0.507 e. The van der Waals surface area contributed by atoms with E-state index in [0.717, 1.165) is 16.8 Å². The Balaban J connectivity index is 1.73. The van der Waals surface area contributed by atoms with E-state index in [1.54, 1.807) is 15.7 Å².